The Labute approximate surface area is 167 Å². The SMILES string of the molecule is CC(C)CCCC(C)CCCC(C)CCCC(C)CCSSCCO. The van der Waals surface area contributed by atoms with E-state index in [9.17, 15) is 0 Å². The summed E-state index contributed by atoms with van der Waals surface area (Å²) >= 11 is 0. The quantitative estimate of drug-likeness (QED) is 0.190. The summed E-state index contributed by atoms with van der Waals surface area (Å²) in [5.41, 5.74) is 0. The molecule has 0 amide bonds. The van der Waals surface area contributed by atoms with Gasteiger partial charge in [0.1, 0.15) is 0 Å². The number of aliphatic hydroxyl groups is 1. The molecule has 152 valence electrons. The molecule has 0 aliphatic heterocycles. The van der Waals surface area contributed by atoms with Gasteiger partial charge in [0.05, 0.1) is 6.61 Å². The number of aliphatic hydroxyl groups excluding tert-OH is 1. The normalized spacial score (nSPS) is 15.5. The highest BCUT2D eigenvalue weighted by Crippen LogP contribution is 2.26. The Balaban J connectivity index is 3.46. The molecule has 0 fully saturated rings. The summed E-state index contributed by atoms with van der Waals surface area (Å²) in [5.74, 6) is 5.66. The van der Waals surface area contributed by atoms with Crippen molar-refractivity contribution >= 4 is 21.6 Å². The first-order valence-corrected chi connectivity index (χ1v) is 13.3. The second kappa shape index (κ2) is 18.0. The van der Waals surface area contributed by atoms with Gasteiger partial charge in [-0.3, -0.25) is 0 Å². The molecule has 0 aromatic carbocycles. The van der Waals surface area contributed by atoms with Gasteiger partial charge in [0, 0.05) is 11.5 Å². The second-order valence-corrected chi connectivity index (χ2v) is 11.4. The summed E-state index contributed by atoms with van der Waals surface area (Å²) in [7, 11) is 3.73. The van der Waals surface area contributed by atoms with Crippen molar-refractivity contribution in [2.24, 2.45) is 23.7 Å². The lowest BCUT2D eigenvalue weighted by Gasteiger charge is -2.16. The van der Waals surface area contributed by atoms with Gasteiger partial charge < -0.3 is 5.11 Å². The van der Waals surface area contributed by atoms with Crippen LogP contribution in [0.2, 0.25) is 0 Å². The van der Waals surface area contributed by atoms with Gasteiger partial charge in [-0.1, -0.05) is 114 Å². The van der Waals surface area contributed by atoms with E-state index in [1.807, 2.05) is 21.6 Å². The summed E-state index contributed by atoms with van der Waals surface area (Å²) in [6, 6.07) is 0. The van der Waals surface area contributed by atoms with Crippen molar-refractivity contribution in [3.05, 3.63) is 0 Å². The highest BCUT2D eigenvalue weighted by atomic mass is 33.1. The van der Waals surface area contributed by atoms with E-state index in [2.05, 4.69) is 34.6 Å². The van der Waals surface area contributed by atoms with Crippen molar-refractivity contribution in [3.63, 3.8) is 0 Å². The van der Waals surface area contributed by atoms with Crippen LogP contribution in [0.15, 0.2) is 0 Å². The van der Waals surface area contributed by atoms with Crippen molar-refractivity contribution < 1.29 is 5.11 Å². The number of hydrogen-bond donors (Lipinski definition) is 1. The Kier molecular flexibility index (Phi) is 18.5. The van der Waals surface area contributed by atoms with Crippen molar-refractivity contribution in [1.29, 1.82) is 0 Å². The summed E-state index contributed by atoms with van der Waals surface area (Å²) in [5, 5.41) is 8.76. The predicted molar refractivity (Wildman–Crippen MR) is 121 cm³/mol. The number of hydrogen-bond acceptors (Lipinski definition) is 3. The van der Waals surface area contributed by atoms with Crippen LogP contribution in [0, 0.1) is 23.7 Å². The van der Waals surface area contributed by atoms with E-state index in [4.69, 9.17) is 5.11 Å². The Morgan fingerprint density at radius 3 is 1.40 bits per heavy atom. The maximum absolute atomic E-state index is 8.76. The van der Waals surface area contributed by atoms with Crippen LogP contribution in [0.5, 0.6) is 0 Å². The van der Waals surface area contributed by atoms with E-state index in [0.717, 1.165) is 29.4 Å². The molecule has 0 spiro atoms. The van der Waals surface area contributed by atoms with E-state index < -0.39 is 0 Å². The Hall–Kier alpha value is 0.660. The number of rotatable bonds is 18. The molecule has 0 aromatic heterocycles. The predicted octanol–water partition coefficient (Wildman–Crippen LogP) is 7.83. The molecular formula is C22H46OS2. The van der Waals surface area contributed by atoms with Gasteiger partial charge in [-0.05, 0) is 30.1 Å². The van der Waals surface area contributed by atoms with Gasteiger partial charge in [-0.25, -0.2) is 0 Å². The highest BCUT2D eigenvalue weighted by molar-refractivity contribution is 8.76. The molecule has 0 radical (unpaired) electrons. The fraction of sp³-hybridized carbons (Fsp3) is 1.00. The lowest BCUT2D eigenvalue weighted by atomic mass is 9.91. The first-order valence-electron chi connectivity index (χ1n) is 10.8. The molecule has 0 aliphatic carbocycles. The molecule has 3 heteroatoms. The fourth-order valence-corrected chi connectivity index (χ4v) is 5.37. The van der Waals surface area contributed by atoms with Gasteiger partial charge in [0.2, 0.25) is 0 Å². The second-order valence-electron chi connectivity index (χ2n) is 8.66. The minimum Gasteiger partial charge on any atom is -0.395 e. The third kappa shape index (κ3) is 19.2. The zero-order chi connectivity index (χ0) is 18.9. The van der Waals surface area contributed by atoms with E-state index in [1.165, 1.54) is 70.0 Å². The van der Waals surface area contributed by atoms with Crippen LogP contribution in [-0.4, -0.2) is 23.2 Å². The largest absolute Gasteiger partial charge is 0.395 e. The molecule has 25 heavy (non-hydrogen) atoms. The zero-order valence-corrected chi connectivity index (χ0v) is 19.4. The molecule has 0 aromatic rings. The monoisotopic (exact) mass is 390 g/mol. The molecular weight excluding hydrogens is 344 g/mol. The molecule has 1 nitrogen and oxygen atoms in total. The smallest absolute Gasteiger partial charge is 0.0530 e. The van der Waals surface area contributed by atoms with Crippen molar-refractivity contribution in [3.8, 4) is 0 Å². The molecule has 0 saturated carbocycles. The van der Waals surface area contributed by atoms with Crippen LogP contribution >= 0.6 is 21.6 Å². The minimum absolute atomic E-state index is 0.307. The van der Waals surface area contributed by atoms with Crippen LogP contribution in [0.4, 0.5) is 0 Å². The van der Waals surface area contributed by atoms with E-state index in [1.54, 1.807) is 0 Å². The third-order valence-electron chi connectivity index (χ3n) is 5.22. The lowest BCUT2D eigenvalue weighted by Crippen LogP contribution is -2.02. The van der Waals surface area contributed by atoms with Crippen molar-refractivity contribution in [1.82, 2.24) is 0 Å². The average Bonchev–Trinajstić information content (AvgIpc) is 2.54. The van der Waals surface area contributed by atoms with Crippen molar-refractivity contribution in [2.45, 2.75) is 98.8 Å². The van der Waals surface area contributed by atoms with Crippen LogP contribution < -0.4 is 0 Å². The molecule has 3 atom stereocenters. The van der Waals surface area contributed by atoms with Crippen LogP contribution in [0.1, 0.15) is 98.8 Å². The van der Waals surface area contributed by atoms with Crippen LogP contribution in [0.3, 0.4) is 0 Å². The Morgan fingerprint density at radius 1 is 0.560 bits per heavy atom. The molecule has 0 aliphatic rings. The van der Waals surface area contributed by atoms with Crippen molar-refractivity contribution in [2.75, 3.05) is 18.1 Å². The summed E-state index contributed by atoms with van der Waals surface area (Å²) in [4.78, 5) is 0. The van der Waals surface area contributed by atoms with Crippen LogP contribution in [-0.2, 0) is 0 Å². The van der Waals surface area contributed by atoms with Gasteiger partial charge >= 0.3 is 0 Å². The molecule has 3 unspecified atom stereocenters. The van der Waals surface area contributed by atoms with Gasteiger partial charge in [0.25, 0.3) is 0 Å². The minimum atomic E-state index is 0.307. The maximum atomic E-state index is 8.76. The van der Waals surface area contributed by atoms with Gasteiger partial charge in [0.15, 0.2) is 0 Å². The molecule has 1 N–H and O–H groups in total. The Bertz CT molecular complexity index is 271. The summed E-state index contributed by atoms with van der Waals surface area (Å²) in [6.45, 7) is 12.3. The average molecular weight is 391 g/mol. The highest BCUT2D eigenvalue weighted by Gasteiger charge is 2.08. The van der Waals surface area contributed by atoms with E-state index in [-0.39, 0.29) is 0 Å². The summed E-state index contributed by atoms with van der Waals surface area (Å²) < 4.78 is 0. The fourth-order valence-electron chi connectivity index (χ4n) is 3.34. The molecule has 0 rings (SSSR count). The Morgan fingerprint density at radius 2 is 0.960 bits per heavy atom. The molecule has 0 saturated heterocycles. The lowest BCUT2D eigenvalue weighted by molar-refractivity contribution is 0.323. The third-order valence-corrected chi connectivity index (χ3v) is 7.64. The standard InChI is InChI=1S/C22H46OS2/c1-19(2)9-6-10-20(3)11-7-12-21(4)13-8-14-22(5)15-17-24-25-18-16-23/h19-23H,6-18H2,1-5H3. The van der Waals surface area contributed by atoms with Gasteiger partial charge in [-0.2, -0.15) is 0 Å². The molecule has 0 heterocycles. The summed E-state index contributed by atoms with van der Waals surface area (Å²) in [6.07, 6.45) is 14.1. The van der Waals surface area contributed by atoms with E-state index >= 15 is 0 Å². The first-order chi connectivity index (χ1) is 12.0. The van der Waals surface area contributed by atoms with Gasteiger partial charge in [-0.15, -0.1) is 0 Å². The van der Waals surface area contributed by atoms with E-state index in [0.29, 0.717) is 6.61 Å². The molecule has 0 bridgehead atoms. The first kappa shape index (κ1) is 25.7. The maximum Gasteiger partial charge on any atom is 0.0530 e. The zero-order valence-electron chi connectivity index (χ0n) is 17.8. The van der Waals surface area contributed by atoms with Crippen LogP contribution in [0.25, 0.3) is 0 Å². The topological polar surface area (TPSA) is 20.2 Å².